The van der Waals surface area contributed by atoms with E-state index < -0.39 is 10.0 Å². The SMILES string of the molecule is CS(=O)(=O)Nc1cccc(CNC(=O)[C@H]2CC=CC[C@@H]2c2nc3ccccc3s2)c1. The Labute approximate surface area is 180 Å². The zero-order valence-corrected chi connectivity index (χ0v) is 18.2. The van der Waals surface area contributed by atoms with Gasteiger partial charge in [-0.2, -0.15) is 0 Å². The molecule has 0 aliphatic heterocycles. The molecule has 2 N–H and O–H groups in total. The van der Waals surface area contributed by atoms with Gasteiger partial charge in [-0.25, -0.2) is 13.4 Å². The molecule has 6 nitrogen and oxygen atoms in total. The molecular formula is C22H23N3O3S2. The Hall–Kier alpha value is -2.71. The zero-order chi connectivity index (χ0) is 21.1. The Morgan fingerprint density at radius 3 is 2.73 bits per heavy atom. The van der Waals surface area contributed by atoms with Gasteiger partial charge in [0.15, 0.2) is 0 Å². The predicted octanol–water partition coefficient (Wildman–Crippen LogP) is 4.03. The molecule has 0 unspecified atom stereocenters. The number of hydrogen-bond donors (Lipinski definition) is 2. The highest BCUT2D eigenvalue weighted by atomic mass is 32.2. The average molecular weight is 442 g/mol. The van der Waals surface area contributed by atoms with E-state index in [-0.39, 0.29) is 17.7 Å². The molecule has 1 aliphatic carbocycles. The lowest BCUT2D eigenvalue weighted by Gasteiger charge is -2.26. The quantitative estimate of drug-likeness (QED) is 0.565. The number of allylic oxidation sites excluding steroid dienone is 2. The topological polar surface area (TPSA) is 88.2 Å². The number of nitrogens with zero attached hydrogens (tertiary/aromatic N) is 1. The van der Waals surface area contributed by atoms with Gasteiger partial charge in [-0.05, 0) is 42.7 Å². The summed E-state index contributed by atoms with van der Waals surface area (Å²) in [4.78, 5) is 17.8. The van der Waals surface area contributed by atoms with Gasteiger partial charge in [0.1, 0.15) is 0 Å². The highest BCUT2D eigenvalue weighted by molar-refractivity contribution is 7.92. The van der Waals surface area contributed by atoms with Gasteiger partial charge in [0.25, 0.3) is 0 Å². The first kappa shape index (κ1) is 20.6. The molecule has 156 valence electrons. The molecule has 2 aromatic carbocycles. The van der Waals surface area contributed by atoms with Crippen LogP contribution in [0.25, 0.3) is 10.2 Å². The van der Waals surface area contributed by atoms with Crippen molar-refractivity contribution in [1.29, 1.82) is 0 Å². The summed E-state index contributed by atoms with van der Waals surface area (Å²) >= 11 is 1.66. The number of fused-ring (bicyclic) bond motifs is 1. The molecule has 1 heterocycles. The normalized spacial score (nSPS) is 19.0. The molecule has 0 radical (unpaired) electrons. The third-order valence-corrected chi connectivity index (χ3v) is 6.87. The fraction of sp³-hybridized carbons (Fsp3) is 0.273. The number of amides is 1. The van der Waals surface area contributed by atoms with Crippen molar-refractivity contribution in [1.82, 2.24) is 10.3 Å². The molecule has 0 spiro atoms. The third-order valence-electron chi connectivity index (χ3n) is 5.09. The van der Waals surface area contributed by atoms with E-state index in [0.717, 1.165) is 33.5 Å². The summed E-state index contributed by atoms with van der Waals surface area (Å²) in [7, 11) is -3.34. The van der Waals surface area contributed by atoms with Crippen LogP contribution in [0.15, 0.2) is 60.7 Å². The highest BCUT2D eigenvalue weighted by Crippen LogP contribution is 2.38. The number of carbonyl (C=O) groups excluding carboxylic acids is 1. The Balaban J connectivity index is 1.46. The van der Waals surface area contributed by atoms with Gasteiger partial charge >= 0.3 is 0 Å². The van der Waals surface area contributed by atoms with Crippen molar-refractivity contribution >= 4 is 43.2 Å². The minimum atomic E-state index is -3.34. The summed E-state index contributed by atoms with van der Waals surface area (Å²) in [6.07, 6.45) is 6.78. The van der Waals surface area contributed by atoms with Gasteiger partial charge in [-0.3, -0.25) is 9.52 Å². The number of aromatic nitrogens is 1. The smallest absolute Gasteiger partial charge is 0.229 e. The van der Waals surface area contributed by atoms with Gasteiger partial charge in [-0.15, -0.1) is 11.3 Å². The van der Waals surface area contributed by atoms with Crippen molar-refractivity contribution in [2.24, 2.45) is 5.92 Å². The first-order chi connectivity index (χ1) is 14.4. The minimum absolute atomic E-state index is 0.00918. The van der Waals surface area contributed by atoms with Crippen LogP contribution in [0.1, 0.15) is 29.3 Å². The maximum Gasteiger partial charge on any atom is 0.229 e. The highest BCUT2D eigenvalue weighted by Gasteiger charge is 2.32. The molecule has 1 aliphatic rings. The Kier molecular flexibility index (Phi) is 5.87. The van der Waals surface area contributed by atoms with Crippen LogP contribution >= 0.6 is 11.3 Å². The van der Waals surface area contributed by atoms with Gasteiger partial charge in [0.05, 0.1) is 27.4 Å². The van der Waals surface area contributed by atoms with Crippen molar-refractivity contribution in [3.8, 4) is 0 Å². The molecule has 3 aromatic rings. The van der Waals surface area contributed by atoms with Crippen LogP contribution in [0.4, 0.5) is 5.69 Å². The number of benzene rings is 2. The van der Waals surface area contributed by atoms with E-state index in [1.807, 2.05) is 24.3 Å². The first-order valence-electron chi connectivity index (χ1n) is 9.74. The minimum Gasteiger partial charge on any atom is -0.352 e. The molecule has 0 saturated carbocycles. The lowest BCUT2D eigenvalue weighted by atomic mass is 9.82. The van der Waals surface area contributed by atoms with Gasteiger partial charge in [-0.1, -0.05) is 36.4 Å². The number of hydrogen-bond acceptors (Lipinski definition) is 5. The molecule has 0 bridgehead atoms. The van der Waals surface area contributed by atoms with Gasteiger partial charge in [0.2, 0.25) is 15.9 Å². The zero-order valence-electron chi connectivity index (χ0n) is 16.5. The van der Waals surface area contributed by atoms with Crippen molar-refractivity contribution in [3.63, 3.8) is 0 Å². The standard InChI is InChI=1S/C22H23N3O3S2/c1-30(27,28)25-16-8-6-7-15(13-16)14-23-21(26)17-9-2-3-10-18(17)22-24-19-11-4-5-12-20(19)29-22/h2-8,11-13,17-18,25H,9-10,14H2,1H3,(H,23,26)/t17-,18-/m0/s1. The first-order valence-corrected chi connectivity index (χ1v) is 12.4. The molecule has 0 saturated heterocycles. The fourth-order valence-electron chi connectivity index (χ4n) is 3.70. The monoisotopic (exact) mass is 441 g/mol. The van der Waals surface area contributed by atoms with Crippen molar-refractivity contribution in [2.45, 2.75) is 25.3 Å². The lowest BCUT2D eigenvalue weighted by molar-refractivity contribution is -0.125. The number of sulfonamides is 1. The number of carbonyl (C=O) groups is 1. The largest absolute Gasteiger partial charge is 0.352 e. The number of nitrogens with one attached hydrogen (secondary N) is 2. The van der Waals surface area contributed by atoms with Crippen LogP contribution in [0.3, 0.4) is 0 Å². The second-order valence-corrected chi connectivity index (χ2v) is 10.3. The van der Waals surface area contributed by atoms with Crippen LogP contribution in [0.2, 0.25) is 0 Å². The maximum absolute atomic E-state index is 13.0. The van der Waals surface area contributed by atoms with E-state index in [1.54, 1.807) is 29.5 Å². The van der Waals surface area contributed by atoms with Gasteiger partial charge in [0, 0.05) is 18.2 Å². The van der Waals surface area contributed by atoms with E-state index in [4.69, 9.17) is 4.98 Å². The molecule has 2 atom stereocenters. The lowest BCUT2D eigenvalue weighted by Crippen LogP contribution is -2.34. The fourth-order valence-corrected chi connectivity index (χ4v) is 5.41. The van der Waals surface area contributed by atoms with Crippen molar-refractivity contribution in [3.05, 3.63) is 71.3 Å². The second kappa shape index (κ2) is 8.57. The van der Waals surface area contributed by atoms with Gasteiger partial charge < -0.3 is 5.32 Å². The van der Waals surface area contributed by atoms with Crippen LogP contribution in [-0.2, 0) is 21.4 Å². The second-order valence-electron chi connectivity index (χ2n) is 7.47. The number of para-hydroxylation sites is 1. The Morgan fingerprint density at radius 1 is 1.13 bits per heavy atom. The summed E-state index contributed by atoms with van der Waals surface area (Å²) < 4.78 is 26.4. The van der Waals surface area contributed by atoms with Crippen molar-refractivity contribution in [2.75, 3.05) is 11.0 Å². The van der Waals surface area contributed by atoms with Crippen LogP contribution in [0, 0.1) is 5.92 Å². The molecule has 8 heteroatoms. The van der Waals surface area contributed by atoms with E-state index in [1.165, 1.54) is 0 Å². The van der Waals surface area contributed by atoms with Crippen LogP contribution < -0.4 is 10.0 Å². The summed E-state index contributed by atoms with van der Waals surface area (Å²) in [6, 6.07) is 15.1. The summed E-state index contributed by atoms with van der Waals surface area (Å²) in [5.74, 6) is -0.122. The van der Waals surface area contributed by atoms with E-state index in [0.29, 0.717) is 18.7 Å². The summed E-state index contributed by atoms with van der Waals surface area (Å²) in [5.41, 5.74) is 2.29. The summed E-state index contributed by atoms with van der Waals surface area (Å²) in [5, 5.41) is 4.02. The molecule has 1 amide bonds. The van der Waals surface area contributed by atoms with Crippen LogP contribution in [-0.4, -0.2) is 25.6 Å². The van der Waals surface area contributed by atoms with Crippen LogP contribution in [0.5, 0.6) is 0 Å². The molecule has 0 fully saturated rings. The Morgan fingerprint density at radius 2 is 1.93 bits per heavy atom. The molecule has 1 aromatic heterocycles. The molecular weight excluding hydrogens is 418 g/mol. The number of thiazole rings is 1. The van der Waals surface area contributed by atoms with Crippen molar-refractivity contribution < 1.29 is 13.2 Å². The van der Waals surface area contributed by atoms with E-state index in [9.17, 15) is 13.2 Å². The maximum atomic E-state index is 13.0. The summed E-state index contributed by atoms with van der Waals surface area (Å²) in [6.45, 7) is 0.338. The molecule has 30 heavy (non-hydrogen) atoms. The Bertz CT molecular complexity index is 1170. The van der Waals surface area contributed by atoms with E-state index >= 15 is 0 Å². The predicted molar refractivity (Wildman–Crippen MR) is 121 cm³/mol. The average Bonchev–Trinajstić information content (AvgIpc) is 3.15. The van der Waals surface area contributed by atoms with E-state index in [2.05, 4.69) is 28.3 Å². The number of anilines is 1. The molecule has 4 rings (SSSR count). The number of rotatable bonds is 6. The third kappa shape index (κ3) is 4.88.